The van der Waals surface area contributed by atoms with Crippen LogP contribution in [0, 0.1) is 0 Å². The second-order valence-corrected chi connectivity index (χ2v) is 16.0. The summed E-state index contributed by atoms with van der Waals surface area (Å²) in [5, 5.41) is 13.1. The SMILES string of the molecule is CC1(C)c2ccccc2-c2ccc(N(c3cccc(-c4ccccc4O)c3)c3cccc4c3oc3c(C5(C)c6ccccc6-c6ccccc65)cccc34)cc21. The molecule has 3 nitrogen and oxygen atoms in total. The second-order valence-electron chi connectivity index (χ2n) is 16.0. The van der Waals surface area contributed by atoms with E-state index in [9.17, 15) is 5.11 Å². The number of rotatable bonds is 5. The minimum atomic E-state index is -0.410. The maximum atomic E-state index is 10.9. The van der Waals surface area contributed by atoms with Crippen molar-refractivity contribution in [2.75, 3.05) is 4.90 Å². The van der Waals surface area contributed by atoms with Crippen LogP contribution in [0.4, 0.5) is 17.1 Å². The fourth-order valence-electron chi connectivity index (χ4n) is 9.91. The third-order valence-corrected chi connectivity index (χ3v) is 12.6. The van der Waals surface area contributed by atoms with Crippen molar-refractivity contribution in [2.24, 2.45) is 0 Å². The largest absolute Gasteiger partial charge is 0.507 e. The zero-order chi connectivity index (χ0) is 37.8. The number of nitrogens with zero attached hydrogens (tertiary/aromatic N) is 1. The third kappa shape index (κ3) is 4.46. The van der Waals surface area contributed by atoms with Crippen LogP contribution in [-0.4, -0.2) is 5.11 Å². The first-order chi connectivity index (χ1) is 27.3. The minimum absolute atomic E-state index is 0.172. The summed E-state index contributed by atoms with van der Waals surface area (Å²) < 4.78 is 7.28. The smallest absolute Gasteiger partial charge is 0.159 e. The lowest BCUT2D eigenvalue weighted by Gasteiger charge is -2.28. The first-order valence-corrected chi connectivity index (χ1v) is 19.4. The highest BCUT2D eigenvalue weighted by Crippen LogP contribution is 2.55. The number of fused-ring (bicyclic) bond motifs is 9. The van der Waals surface area contributed by atoms with Crippen LogP contribution in [0.15, 0.2) is 180 Å². The molecule has 0 saturated heterocycles. The maximum absolute atomic E-state index is 10.9. The van der Waals surface area contributed by atoms with E-state index in [-0.39, 0.29) is 11.2 Å². The Morgan fingerprint density at radius 1 is 0.429 bits per heavy atom. The summed E-state index contributed by atoms with van der Waals surface area (Å²) in [5.41, 5.74) is 17.3. The first kappa shape index (κ1) is 32.6. The summed E-state index contributed by atoms with van der Waals surface area (Å²) in [7, 11) is 0. The van der Waals surface area contributed by atoms with E-state index >= 15 is 0 Å². The highest BCUT2D eigenvalue weighted by atomic mass is 16.3. The van der Waals surface area contributed by atoms with E-state index in [0.29, 0.717) is 0 Å². The summed E-state index contributed by atoms with van der Waals surface area (Å²) in [6, 6.07) is 62.4. The Kier molecular flexibility index (Phi) is 6.88. The fourth-order valence-corrected chi connectivity index (χ4v) is 9.91. The summed E-state index contributed by atoms with van der Waals surface area (Å²) >= 11 is 0. The molecule has 0 amide bonds. The minimum Gasteiger partial charge on any atom is -0.507 e. The highest BCUT2D eigenvalue weighted by Gasteiger charge is 2.42. The van der Waals surface area contributed by atoms with Gasteiger partial charge in [-0.1, -0.05) is 153 Å². The van der Waals surface area contributed by atoms with Crippen molar-refractivity contribution in [1.29, 1.82) is 0 Å². The molecule has 11 rings (SSSR count). The molecular weight excluding hydrogens is 683 g/mol. The Morgan fingerprint density at radius 3 is 1.68 bits per heavy atom. The van der Waals surface area contributed by atoms with Crippen molar-refractivity contribution in [1.82, 2.24) is 0 Å². The lowest BCUT2D eigenvalue weighted by molar-refractivity contribution is 0.477. The van der Waals surface area contributed by atoms with Crippen LogP contribution in [0.3, 0.4) is 0 Å². The molecule has 3 heteroatoms. The molecule has 0 unspecified atom stereocenters. The van der Waals surface area contributed by atoms with Crippen molar-refractivity contribution in [2.45, 2.75) is 31.6 Å². The molecule has 0 aliphatic heterocycles. The zero-order valence-corrected chi connectivity index (χ0v) is 31.5. The van der Waals surface area contributed by atoms with Gasteiger partial charge in [0.15, 0.2) is 5.58 Å². The molecule has 0 radical (unpaired) electrons. The van der Waals surface area contributed by atoms with Gasteiger partial charge in [0, 0.05) is 44.1 Å². The standard InChI is InChI=1S/C53H39NO2/c1-52(2)43-23-8-4-18-37(43)40-30-29-35(32-47(40)52)54(34-16-12-15-33(31-34)36-17-7-11-28-49(36)55)48-27-14-22-42-41-21-13-26-46(50(41)56-51(42)48)53(3)44-24-9-5-19-38(44)39-20-6-10-25-45(39)53/h4-32,55H,1-3H3. The molecule has 1 aromatic heterocycles. The number of benzene rings is 8. The number of phenolic OH excluding ortho intramolecular Hbond substituents is 1. The van der Waals surface area contributed by atoms with Gasteiger partial charge in [0.05, 0.1) is 5.69 Å². The van der Waals surface area contributed by atoms with Gasteiger partial charge in [-0.2, -0.15) is 0 Å². The summed E-state index contributed by atoms with van der Waals surface area (Å²) in [5.74, 6) is 0.253. The zero-order valence-electron chi connectivity index (χ0n) is 31.5. The normalized spacial score (nSPS) is 14.3. The Hall–Kier alpha value is -6.84. The summed E-state index contributed by atoms with van der Waals surface area (Å²) in [6.07, 6.45) is 0. The van der Waals surface area contributed by atoms with Gasteiger partial charge in [-0.15, -0.1) is 0 Å². The van der Waals surface area contributed by atoms with Crippen LogP contribution in [0.2, 0.25) is 0 Å². The number of phenols is 1. The van der Waals surface area contributed by atoms with Crippen molar-refractivity contribution < 1.29 is 9.52 Å². The number of hydrogen-bond acceptors (Lipinski definition) is 3. The summed E-state index contributed by atoms with van der Waals surface area (Å²) in [4.78, 5) is 2.33. The fraction of sp³-hybridized carbons (Fsp3) is 0.0943. The van der Waals surface area contributed by atoms with Crippen LogP contribution in [0.5, 0.6) is 5.75 Å². The molecule has 1 N–H and O–H groups in total. The molecule has 0 atom stereocenters. The maximum Gasteiger partial charge on any atom is 0.159 e. The highest BCUT2D eigenvalue weighted by molar-refractivity contribution is 6.12. The quantitative estimate of drug-likeness (QED) is 0.192. The Bertz CT molecular complexity index is 3010. The average Bonchev–Trinajstić information content (AvgIpc) is 3.83. The van der Waals surface area contributed by atoms with Gasteiger partial charge in [-0.25, -0.2) is 0 Å². The van der Waals surface area contributed by atoms with E-state index in [0.717, 1.165) is 55.7 Å². The van der Waals surface area contributed by atoms with Crippen molar-refractivity contribution >= 4 is 39.0 Å². The van der Waals surface area contributed by atoms with E-state index in [1.54, 1.807) is 6.07 Å². The van der Waals surface area contributed by atoms with Gasteiger partial charge in [0.25, 0.3) is 0 Å². The second kappa shape index (κ2) is 11.8. The molecule has 2 aliphatic carbocycles. The Labute approximate surface area is 326 Å². The molecule has 2 aliphatic rings. The first-order valence-electron chi connectivity index (χ1n) is 19.4. The molecular formula is C53H39NO2. The van der Waals surface area contributed by atoms with Gasteiger partial charge in [0.2, 0.25) is 0 Å². The van der Waals surface area contributed by atoms with E-state index in [4.69, 9.17) is 4.42 Å². The van der Waals surface area contributed by atoms with Gasteiger partial charge in [0.1, 0.15) is 11.3 Å². The monoisotopic (exact) mass is 721 g/mol. The molecule has 8 aromatic carbocycles. The van der Waals surface area contributed by atoms with Crippen LogP contribution < -0.4 is 4.90 Å². The lowest BCUT2D eigenvalue weighted by Crippen LogP contribution is -2.22. The van der Waals surface area contributed by atoms with Crippen molar-refractivity contribution in [3.63, 3.8) is 0 Å². The molecule has 9 aromatic rings. The van der Waals surface area contributed by atoms with Crippen LogP contribution in [-0.2, 0) is 10.8 Å². The number of anilines is 3. The van der Waals surface area contributed by atoms with Crippen LogP contribution in [0.25, 0.3) is 55.3 Å². The van der Waals surface area contributed by atoms with Gasteiger partial charge >= 0.3 is 0 Å². The summed E-state index contributed by atoms with van der Waals surface area (Å²) in [6.45, 7) is 7.00. The molecule has 0 fully saturated rings. The van der Waals surface area contributed by atoms with Crippen LogP contribution >= 0.6 is 0 Å². The van der Waals surface area contributed by atoms with Crippen molar-refractivity contribution in [3.05, 3.63) is 204 Å². The average molecular weight is 722 g/mol. The van der Waals surface area contributed by atoms with Gasteiger partial charge < -0.3 is 14.4 Å². The Morgan fingerprint density at radius 2 is 0.964 bits per heavy atom. The number of furan rings is 1. The number of hydrogen-bond donors (Lipinski definition) is 1. The molecule has 0 bridgehead atoms. The topological polar surface area (TPSA) is 36.6 Å². The Balaban J connectivity index is 1.16. The molecule has 0 saturated carbocycles. The van der Waals surface area contributed by atoms with E-state index < -0.39 is 5.41 Å². The van der Waals surface area contributed by atoms with E-state index in [1.165, 1.54) is 44.5 Å². The molecule has 0 spiro atoms. The lowest BCUT2D eigenvalue weighted by atomic mass is 9.74. The van der Waals surface area contributed by atoms with Crippen molar-refractivity contribution in [3.8, 4) is 39.1 Å². The van der Waals surface area contributed by atoms with Crippen LogP contribution in [0.1, 0.15) is 48.6 Å². The van der Waals surface area contributed by atoms with E-state index in [2.05, 4.69) is 177 Å². The predicted molar refractivity (Wildman–Crippen MR) is 231 cm³/mol. The van der Waals surface area contributed by atoms with E-state index in [1.807, 2.05) is 18.2 Å². The third-order valence-electron chi connectivity index (χ3n) is 12.6. The molecule has 1 heterocycles. The number of para-hydroxylation sites is 3. The van der Waals surface area contributed by atoms with Gasteiger partial charge in [-0.3, -0.25) is 0 Å². The number of aromatic hydroxyl groups is 1. The van der Waals surface area contributed by atoms with Gasteiger partial charge in [-0.05, 0) is 93.4 Å². The molecule has 56 heavy (non-hydrogen) atoms. The predicted octanol–water partition coefficient (Wildman–Crippen LogP) is 14.1. The molecule has 268 valence electrons.